The van der Waals surface area contributed by atoms with Gasteiger partial charge >= 0.3 is 5.97 Å². The Kier molecular flexibility index (Phi) is 4.25. The van der Waals surface area contributed by atoms with Crippen molar-refractivity contribution in [3.8, 4) is 21.8 Å². The molecule has 0 aliphatic heterocycles. The van der Waals surface area contributed by atoms with Gasteiger partial charge in [-0.1, -0.05) is 30.3 Å². The van der Waals surface area contributed by atoms with E-state index in [0.717, 1.165) is 16.1 Å². The van der Waals surface area contributed by atoms with Crippen LogP contribution < -0.4 is 0 Å². The van der Waals surface area contributed by atoms with Crippen LogP contribution in [0.25, 0.3) is 21.8 Å². The zero-order valence-electron chi connectivity index (χ0n) is 12.0. The van der Waals surface area contributed by atoms with Gasteiger partial charge in [-0.15, -0.1) is 11.3 Å². The number of rotatable bonds is 4. The van der Waals surface area contributed by atoms with Gasteiger partial charge in [0, 0.05) is 23.5 Å². The second kappa shape index (κ2) is 6.49. The van der Waals surface area contributed by atoms with Crippen molar-refractivity contribution in [3.63, 3.8) is 0 Å². The van der Waals surface area contributed by atoms with Gasteiger partial charge in [0.2, 0.25) is 0 Å². The summed E-state index contributed by atoms with van der Waals surface area (Å²) in [5.41, 5.74) is 2.51. The average Bonchev–Trinajstić information content (AvgIpc) is 3.02. The maximum atomic E-state index is 12.2. The van der Waals surface area contributed by atoms with Crippen LogP contribution in [0.1, 0.15) is 16.6 Å². The molecule has 0 aliphatic rings. The first-order chi connectivity index (χ1) is 10.8. The highest BCUT2D eigenvalue weighted by Crippen LogP contribution is 2.34. The highest BCUT2D eigenvalue weighted by molar-refractivity contribution is 7.17. The molecule has 5 heteroatoms. The van der Waals surface area contributed by atoms with E-state index in [2.05, 4.69) is 9.97 Å². The molecule has 0 N–H and O–H groups in total. The van der Waals surface area contributed by atoms with E-state index in [1.54, 1.807) is 19.3 Å². The number of aromatic nitrogens is 2. The maximum absolute atomic E-state index is 12.2. The van der Waals surface area contributed by atoms with Gasteiger partial charge in [0.1, 0.15) is 9.88 Å². The molecule has 110 valence electrons. The Balaban J connectivity index is 2.11. The minimum Gasteiger partial charge on any atom is -0.462 e. The third-order valence-corrected chi connectivity index (χ3v) is 4.15. The first-order valence-corrected chi connectivity index (χ1v) is 7.75. The molecule has 0 amide bonds. The topological polar surface area (TPSA) is 52.1 Å². The summed E-state index contributed by atoms with van der Waals surface area (Å²) in [6.07, 6.45) is 3.42. The Morgan fingerprint density at radius 3 is 2.50 bits per heavy atom. The molecule has 3 rings (SSSR count). The van der Waals surface area contributed by atoms with Gasteiger partial charge in [-0.25, -0.2) is 9.78 Å². The summed E-state index contributed by atoms with van der Waals surface area (Å²) < 4.78 is 5.16. The lowest BCUT2D eigenvalue weighted by molar-refractivity contribution is 0.0532. The van der Waals surface area contributed by atoms with Crippen LogP contribution in [0.5, 0.6) is 0 Å². The highest BCUT2D eigenvalue weighted by atomic mass is 32.1. The van der Waals surface area contributed by atoms with Crippen molar-refractivity contribution >= 4 is 17.3 Å². The maximum Gasteiger partial charge on any atom is 0.350 e. The van der Waals surface area contributed by atoms with Crippen LogP contribution in [0.3, 0.4) is 0 Å². The predicted molar refractivity (Wildman–Crippen MR) is 86.7 cm³/mol. The number of pyridine rings is 1. The molecule has 0 unspecified atom stereocenters. The Labute approximate surface area is 132 Å². The number of thiazole rings is 1. The third kappa shape index (κ3) is 2.89. The van der Waals surface area contributed by atoms with Gasteiger partial charge in [-0.05, 0) is 19.1 Å². The summed E-state index contributed by atoms with van der Waals surface area (Å²) in [5, 5.41) is 0.782. The third-order valence-electron chi connectivity index (χ3n) is 3.06. The van der Waals surface area contributed by atoms with Crippen LogP contribution in [0.15, 0.2) is 54.9 Å². The smallest absolute Gasteiger partial charge is 0.350 e. The van der Waals surface area contributed by atoms with Crippen molar-refractivity contribution in [2.24, 2.45) is 0 Å². The van der Waals surface area contributed by atoms with E-state index in [4.69, 9.17) is 4.74 Å². The molecule has 0 saturated heterocycles. The monoisotopic (exact) mass is 310 g/mol. The highest BCUT2D eigenvalue weighted by Gasteiger charge is 2.21. The lowest BCUT2D eigenvalue weighted by Crippen LogP contribution is -2.03. The van der Waals surface area contributed by atoms with Gasteiger partial charge in [0.05, 0.1) is 12.3 Å². The number of benzene rings is 1. The van der Waals surface area contributed by atoms with Crippen molar-refractivity contribution in [3.05, 3.63) is 59.7 Å². The van der Waals surface area contributed by atoms with Gasteiger partial charge < -0.3 is 4.74 Å². The number of hydrogen-bond acceptors (Lipinski definition) is 5. The molecule has 2 heterocycles. The molecule has 1 aromatic carbocycles. The van der Waals surface area contributed by atoms with Gasteiger partial charge in [-0.3, -0.25) is 4.98 Å². The summed E-state index contributed by atoms with van der Waals surface area (Å²) in [6.45, 7) is 2.14. The van der Waals surface area contributed by atoms with E-state index in [0.29, 0.717) is 17.2 Å². The minimum atomic E-state index is -0.334. The second-order valence-corrected chi connectivity index (χ2v) is 5.52. The average molecular weight is 310 g/mol. The van der Waals surface area contributed by atoms with Gasteiger partial charge in [0.25, 0.3) is 0 Å². The lowest BCUT2D eigenvalue weighted by atomic mass is 10.1. The summed E-state index contributed by atoms with van der Waals surface area (Å²) in [6, 6.07) is 13.4. The van der Waals surface area contributed by atoms with Crippen LogP contribution in [-0.2, 0) is 4.74 Å². The molecule has 0 fully saturated rings. The molecule has 2 aromatic heterocycles. The standard InChI is InChI=1S/C17H14N2O2S/c1-2-21-17(20)15-14(12-6-4-3-5-7-12)19-16(22-15)13-8-10-18-11-9-13/h3-11H,2H2,1H3. The quantitative estimate of drug-likeness (QED) is 0.682. The fraction of sp³-hybridized carbons (Fsp3) is 0.118. The van der Waals surface area contributed by atoms with Gasteiger partial charge in [0.15, 0.2) is 0 Å². The number of ether oxygens (including phenoxy) is 1. The van der Waals surface area contributed by atoms with Crippen LogP contribution in [0.4, 0.5) is 0 Å². The number of carbonyl (C=O) groups is 1. The fourth-order valence-corrected chi connectivity index (χ4v) is 3.05. The molecule has 0 saturated carbocycles. The Morgan fingerprint density at radius 2 is 1.82 bits per heavy atom. The van der Waals surface area contributed by atoms with E-state index in [-0.39, 0.29) is 5.97 Å². The second-order valence-electron chi connectivity index (χ2n) is 4.52. The Morgan fingerprint density at radius 1 is 1.09 bits per heavy atom. The molecule has 4 nitrogen and oxygen atoms in total. The number of nitrogens with zero attached hydrogens (tertiary/aromatic N) is 2. The van der Waals surface area contributed by atoms with E-state index in [1.165, 1.54) is 11.3 Å². The Bertz CT molecular complexity index is 770. The number of carbonyl (C=O) groups excluding carboxylic acids is 1. The van der Waals surface area contributed by atoms with Crippen molar-refractivity contribution in [1.82, 2.24) is 9.97 Å². The molecule has 3 aromatic rings. The van der Waals surface area contributed by atoms with Crippen LogP contribution in [-0.4, -0.2) is 22.5 Å². The molecule has 0 aliphatic carbocycles. The molecule has 22 heavy (non-hydrogen) atoms. The van der Waals surface area contributed by atoms with E-state index >= 15 is 0 Å². The lowest BCUT2D eigenvalue weighted by Gasteiger charge is -2.01. The molecule has 0 atom stereocenters. The van der Waals surface area contributed by atoms with E-state index < -0.39 is 0 Å². The van der Waals surface area contributed by atoms with Gasteiger partial charge in [-0.2, -0.15) is 0 Å². The first-order valence-electron chi connectivity index (χ1n) is 6.93. The van der Waals surface area contributed by atoms with Crippen molar-refractivity contribution in [1.29, 1.82) is 0 Å². The molecule has 0 bridgehead atoms. The van der Waals surface area contributed by atoms with Crippen LogP contribution >= 0.6 is 11.3 Å². The predicted octanol–water partition coefficient (Wildman–Crippen LogP) is 4.05. The molecule has 0 spiro atoms. The molecular formula is C17H14N2O2S. The fourth-order valence-electron chi connectivity index (χ4n) is 2.06. The molecule has 0 radical (unpaired) electrons. The summed E-state index contributed by atoms with van der Waals surface area (Å²) in [5.74, 6) is -0.334. The van der Waals surface area contributed by atoms with Crippen LogP contribution in [0, 0.1) is 0 Å². The number of esters is 1. The van der Waals surface area contributed by atoms with Crippen molar-refractivity contribution in [2.45, 2.75) is 6.92 Å². The number of hydrogen-bond donors (Lipinski definition) is 0. The van der Waals surface area contributed by atoms with Crippen molar-refractivity contribution in [2.75, 3.05) is 6.61 Å². The normalized spacial score (nSPS) is 10.4. The minimum absolute atomic E-state index is 0.334. The van der Waals surface area contributed by atoms with E-state index in [9.17, 15) is 4.79 Å². The van der Waals surface area contributed by atoms with Crippen molar-refractivity contribution < 1.29 is 9.53 Å². The SMILES string of the molecule is CCOC(=O)c1sc(-c2ccncc2)nc1-c1ccccc1. The summed E-state index contributed by atoms with van der Waals surface area (Å²) in [7, 11) is 0. The molecular weight excluding hydrogens is 296 g/mol. The summed E-state index contributed by atoms with van der Waals surface area (Å²) in [4.78, 5) is 21.4. The summed E-state index contributed by atoms with van der Waals surface area (Å²) >= 11 is 1.34. The van der Waals surface area contributed by atoms with E-state index in [1.807, 2.05) is 42.5 Å². The Hall–Kier alpha value is -2.53. The zero-order chi connectivity index (χ0) is 15.4. The zero-order valence-corrected chi connectivity index (χ0v) is 12.8. The largest absolute Gasteiger partial charge is 0.462 e. The first kappa shape index (κ1) is 14.4. The van der Waals surface area contributed by atoms with Crippen LogP contribution in [0.2, 0.25) is 0 Å².